The van der Waals surface area contributed by atoms with Crippen molar-refractivity contribution in [2.45, 2.75) is 6.42 Å². The van der Waals surface area contributed by atoms with Gasteiger partial charge in [-0.15, -0.1) is 0 Å². The van der Waals surface area contributed by atoms with Gasteiger partial charge in [0.2, 0.25) is 0 Å². The Morgan fingerprint density at radius 2 is 2.06 bits per heavy atom. The standard InChI is InChI=1S/C10H9Cl3N4/c11-6-5-7(12)10(17-9(6)13)16-2-1-8-14-3-4-15-8/h3-5H,1-2H2,(H,14,15)(H,16,17). The summed E-state index contributed by atoms with van der Waals surface area (Å²) < 4.78 is 0. The molecule has 2 N–H and O–H groups in total. The lowest BCUT2D eigenvalue weighted by molar-refractivity contribution is 0.922. The van der Waals surface area contributed by atoms with Crippen LogP contribution in [0.4, 0.5) is 5.82 Å². The van der Waals surface area contributed by atoms with Gasteiger partial charge in [-0.3, -0.25) is 0 Å². The second-order valence-corrected chi connectivity index (χ2v) is 4.48. The number of nitrogens with zero attached hydrogens (tertiary/aromatic N) is 2. The molecule has 2 heterocycles. The number of aromatic nitrogens is 3. The van der Waals surface area contributed by atoms with Gasteiger partial charge in [-0.25, -0.2) is 9.97 Å². The largest absolute Gasteiger partial charge is 0.368 e. The molecule has 4 nitrogen and oxygen atoms in total. The molecule has 0 aliphatic heterocycles. The first-order valence-electron chi connectivity index (χ1n) is 4.90. The minimum Gasteiger partial charge on any atom is -0.368 e. The van der Waals surface area contributed by atoms with E-state index in [2.05, 4.69) is 20.3 Å². The number of anilines is 1. The van der Waals surface area contributed by atoms with Crippen LogP contribution in [0.25, 0.3) is 0 Å². The number of hydrogen-bond acceptors (Lipinski definition) is 3. The van der Waals surface area contributed by atoms with Crippen molar-refractivity contribution in [3.05, 3.63) is 39.5 Å². The van der Waals surface area contributed by atoms with Crippen LogP contribution in [0.2, 0.25) is 15.2 Å². The van der Waals surface area contributed by atoms with E-state index < -0.39 is 0 Å². The zero-order valence-corrected chi connectivity index (χ0v) is 10.9. The minimum atomic E-state index is 0.233. The fourth-order valence-corrected chi connectivity index (χ4v) is 1.87. The van der Waals surface area contributed by atoms with Crippen LogP contribution in [0.15, 0.2) is 18.5 Å². The van der Waals surface area contributed by atoms with Gasteiger partial charge in [0, 0.05) is 25.4 Å². The number of rotatable bonds is 4. The van der Waals surface area contributed by atoms with Crippen molar-refractivity contribution < 1.29 is 0 Å². The van der Waals surface area contributed by atoms with Gasteiger partial charge in [-0.2, -0.15) is 0 Å². The van der Waals surface area contributed by atoms with Crippen molar-refractivity contribution in [1.82, 2.24) is 15.0 Å². The van der Waals surface area contributed by atoms with Crippen molar-refractivity contribution in [3.8, 4) is 0 Å². The SMILES string of the molecule is Clc1cc(Cl)c(NCCc2ncc[nH]2)nc1Cl. The van der Waals surface area contributed by atoms with Crippen molar-refractivity contribution in [2.24, 2.45) is 0 Å². The highest BCUT2D eigenvalue weighted by molar-refractivity contribution is 6.42. The van der Waals surface area contributed by atoms with Crippen LogP contribution < -0.4 is 5.32 Å². The quantitative estimate of drug-likeness (QED) is 0.849. The summed E-state index contributed by atoms with van der Waals surface area (Å²) in [6, 6.07) is 1.56. The van der Waals surface area contributed by atoms with Crippen molar-refractivity contribution in [2.75, 3.05) is 11.9 Å². The van der Waals surface area contributed by atoms with Gasteiger partial charge in [0.05, 0.1) is 10.0 Å². The van der Waals surface area contributed by atoms with Gasteiger partial charge in [0.1, 0.15) is 16.8 Å². The van der Waals surface area contributed by atoms with Crippen molar-refractivity contribution >= 4 is 40.6 Å². The van der Waals surface area contributed by atoms with E-state index in [0.29, 0.717) is 22.4 Å². The lowest BCUT2D eigenvalue weighted by Gasteiger charge is -2.07. The molecule has 17 heavy (non-hydrogen) atoms. The lowest BCUT2D eigenvalue weighted by Crippen LogP contribution is -2.07. The molecule has 0 radical (unpaired) electrons. The van der Waals surface area contributed by atoms with Crippen LogP contribution in [0, 0.1) is 0 Å². The van der Waals surface area contributed by atoms with Crippen LogP contribution in [0.5, 0.6) is 0 Å². The monoisotopic (exact) mass is 290 g/mol. The maximum atomic E-state index is 5.97. The van der Waals surface area contributed by atoms with Gasteiger partial charge in [0.15, 0.2) is 0 Å². The van der Waals surface area contributed by atoms with Crippen LogP contribution in [0.1, 0.15) is 5.82 Å². The van der Waals surface area contributed by atoms with E-state index in [1.54, 1.807) is 18.5 Å². The van der Waals surface area contributed by atoms with Gasteiger partial charge < -0.3 is 10.3 Å². The second-order valence-electron chi connectivity index (χ2n) is 3.30. The molecule has 0 saturated heterocycles. The molecule has 0 aromatic carbocycles. The van der Waals surface area contributed by atoms with Gasteiger partial charge >= 0.3 is 0 Å². The van der Waals surface area contributed by atoms with E-state index in [1.807, 2.05) is 0 Å². The lowest BCUT2D eigenvalue weighted by atomic mass is 10.4. The summed E-state index contributed by atoms with van der Waals surface area (Å²) in [6.45, 7) is 0.651. The molecular weight excluding hydrogens is 282 g/mol. The molecule has 0 spiro atoms. The molecule has 0 unspecified atom stereocenters. The third kappa shape index (κ3) is 3.25. The molecule has 2 aromatic heterocycles. The first-order chi connectivity index (χ1) is 8.16. The molecule has 7 heteroatoms. The van der Waals surface area contributed by atoms with Crippen molar-refractivity contribution in [1.29, 1.82) is 0 Å². The highest BCUT2D eigenvalue weighted by Crippen LogP contribution is 2.28. The van der Waals surface area contributed by atoms with E-state index in [1.165, 1.54) is 0 Å². The Kier molecular flexibility index (Phi) is 4.10. The molecule has 90 valence electrons. The summed E-state index contributed by atoms with van der Waals surface area (Å²) in [6.07, 6.45) is 4.23. The number of imidazole rings is 1. The number of nitrogens with one attached hydrogen (secondary N) is 2. The van der Waals surface area contributed by atoms with E-state index in [4.69, 9.17) is 34.8 Å². The summed E-state index contributed by atoms with van der Waals surface area (Å²) in [5, 5.41) is 4.09. The number of H-pyrrole nitrogens is 1. The average Bonchev–Trinajstić information content (AvgIpc) is 2.78. The smallest absolute Gasteiger partial charge is 0.150 e. The van der Waals surface area contributed by atoms with Gasteiger partial charge in [0.25, 0.3) is 0 Å². The zero-order chi connectivity index (χ0) is 12.3. The topological polar surface area (TPSA) is 53.6 Å². The summed E-state index contributed by atoms with van der Waals surface area (Å²) in [4.78, 5) is 11.2. The second kappa shape index (κ2) is 5.58. The molecule has 2 aromatic rings. The Morgan fingerprint density at radius 3 is 2.76 bits per heavy atom. The van der Waals surface area contributed by atoms with E-state index in [9.17, 15) is 0 Å². The first kappa shape index (κ1) is 12.5. The van der Waals surface area contributed by atoms with Crippen LogP contribution in [-0.2, 0) is 6.42 Å². The average molecular weight is 292 g/mol. The van der Waals surface area contributed by atoms with E-state index in [0.717, 1.165) is 12.2 Å². The Bertz CT molecular complexity index is 499. The molecule has 0 atom stereocenters. The number of pyridine rings is 1. The number of aromatic amines is 1. The van der Waals surface area contributed by atoms with Crippen LogP contribution in [-0.4, -0.2) is 21.5 Å². The highest BCUT2D eigenvalue weighted by atomic mass is 35.5. The molecule has 0 aliphatic carbocycles. The maximum absolute atomic E-state index is 5.97. The molecule has 2 rings (SSSR count). The Hall–Kier alpha value is -0.970. The van der Waals surface area contributed by atoms with Crippen molar-refractivity contribution in [3.63, 3.8) is 0 Å². The number of halogens is 3. The third-order valence-electron chi connectivity index (χ3n) is 2.10. The highest BCUT2D eigenvalue weighted by Gasteiger charge is 2.07. The predicted molar refractivity (Wildman–Crippen MR) is 70.0 cm³/mol. The van der Waals surface area contributed by atoms with Crippen LogP contribution >= 0.6 is 34.8 Å². The summed E-state index contributed by atoms with van der Waals surface area (Å²) in [5.74, 6) is 1.42. The Labute approximate surface area is 113 Å². The summed E-state index contributed by atoms with van der Waals surface area (Å²) in [5.41, 5.74) is 0. The molecule has 0 amide bonds. The Morgan fingerprint density at radius 1 is 1.24 bits per heavy atom. The normalized spacial score (nSPS) is 10.5. The fraction of sp³-hybridized carbons (Fsp3) is 0.200. The minimum absolute atomic E-state index is 0.233. The molecular formula is C10H9Cl3N4. The first-order valence-corrected chi connectivity index (χ1v) is 6.04. The fourth-order valence-electron chi connectivity index (χ4n) is 1.30. The zero-order valence-electron chi connectivity index (χ0n) is 8.67. The predicted octanol–water partition coefficient (Wildman–Crippen LogP) is 3.42. The molecule has 0 fully saturated rings. The van der Waals surface area contributed by atoms with E-state index in [-0.39, 0.29) is 5.15 Å². The third-order valence-corrected chi connectivity index (χ3v) is 3.06. The van der Waals surface area contributed by atoms with Crippen LogP contribution in [0.3, 0.4) is 0 Å². The molecule has 0 bridgehead atoms. The molecule has 0 aliphatic rings. The summed E-state index contributed by atoms with van der Waals surface area (Å²) >= 11 is 17.6. The summed E-state index contributed by atoms with van der Waals surface area (Å²) in [7, 11) is 0. The Balaban J connectivity index is 1.97. The van der Waals surface area contributed by atoms with E-state index >= 15 is 0 Å². The number of hydrogen-bond donors (Lipinski definition) is 2. The maximum Gasteiger partial charge on any atom is 0.150 e. The molecule has 0 saturated carbocycles. The van der Waals surface area contributed by atoms with Gasteiger partial charge in [-0.05, 0) is 6.07 Å². The van der Waals surface area contributed by atoms with Gasteiger partial charge in [-0.1, -0.05) is 34.8 Å².